The Balaban J connectivity index is 0.000000136. The third kappa shape index (κ3) is 3.68. The molecule has 2 aromatic carbocycles. The molecule has 0 atom stereocenters. The number of halogens is 3. The molecular formula is C18H11BrF2N2. The van der Waals surface area contributed by atoms with E-state index in [2.05, 4.69) is 25.9 Å². The molecule has 114 valence electrons. The van der Waals surface area contributed by atoms with Crippen molar-refractivity contribution in [3.8, 4) is 0 Å². The molecule has 0 spiro atoms. The summed E-state index contributed by atoms with van der Waals surface area (Å²) in [4.78, 5) is 7.89. The Morgan fingerprint density at radius 3 is 2.22 bits per heavy atom. The van der Waals surface area contributed by atoms with Gasteiger partial charge < -0.3 is 0 Å². The Bertz CT molecular complexity index is 973. The molecule has 0 unspecified atom stereocenters. The number of hydrogen-bond donors (Lipinski definition) is 0. The Morgan fingerprint density at radius 1 is 0.696 bits per heavy atom. The molecule has 23 heavy (non-hydrogen) atoms. The SMILES string of the molecule is Fc1ccc2cncc(Br)c2c1.Fc1ccc2cnccc2c1. The van der Waals surface area contributed by atoms with Gasteiger partial charge in [0.15, 0.2) is 0 Å². The van der Waals surface area contributed by atoms with E-state index in [1.807, 2.05) is 0 Å². The van der Waals surface area contributed by atoms with Crippen LogP contribution in [0.3, 0.4) is 0 Å². The molecule has 4 aromatic rings. The first-order valence-electron chi connectivity index (χ1n) is 6.81. The maximum atomic E-state index is 12.8. The number of hydrogen-bond acceptors (Lipinski definition) is 2. The van der Waals surface area contributed by atoms with Gasteiger partial charge in [-0.25, -0.2) is 8.78 Å². The van der Waals surface area contributed by atoms with E-state index < -0.39 is 0 Å². The van der Waals surface area contributed by atoms with Crippen LogP contribution in [0.2, 0.25) is 0 Å². The van der Waals surface area contributed by atoms with Gasteiger partial charge in [0, 0.05) is 45.4 Å². The maximum Gasteiger partial charge on any atom is 0.123 e. The second kappa shape index (κ2) is 6.79. The van der Waals surface area contributed by atoms with Gasteiger partial charge in [-0.05, 0) is 63.8 Å². The van der Waals surface area contributed by atoms with Gasteiger partial charge >= 0.3 is 0 Å². The molecule has 0 saturated carbocycles. The van der Waals surface area contributed by atoms with Crippen LogP contribution in [0.1, 0.15) is 0 Å². The quantitative estimate of drug-likeness (QED) is 0.406. The van der Waals surface area contributed by atoms with Gasteiger partial charge in [-0.15, -0.1) is 0 Å². The normalized spacial score (nSPS) is 10.4. The van der Waals surface area contributed by atoms with E-state index in [1.165, 1.54) is 24.3 Å². The monoisotopic (exact) mass is 372 g/mol. The summed E-state index contributed by atoms with van der Waals surface area (Å²) in [7, 11) is 0. The molecule has 0 aliphatic rings. The van der Waals surface area contributed by atoms with Gasteiger partial charge in [-0.1, -0.05) is 0 Å². The molecule has 0 fully saturated rings. The maximum absolute atomic E-state index is 12.8. The van der Waals surface area contributed by atoms with E-state index in [9.17, 15) is 8.78 Å². The molecule has 0 aliphatic carbocycles. The van der Waals surface area contributed by atoms with Crippen molar-refractivity contribution in [1.29, 1.82) is 0 Å². The summed E-state index contributed by atoms with van der Waals surface area (Å²) in [5, 5.41) is 3.64. The number of nitrogens with zero attached hydrogens (tertiary/aromatic N) is 2. The van der Waals surface area contributed by atoms with E-state index in [0.29, 0.717) is 0 Å². The highest BCUT2D eigenvalue weighted by Crippen LogP contribution is 2.22. The Morgan fingerprint density at radius 2 is 1.39 bits per heavy atom. The highest BCUT2D eigenvalue weighted by molar-refractivity contribution is 9.10. The molecule has 0 aliphatic heterocycles. The van der Waals surface area contributed by atoms with Crippen LogP contribution in [-0.4, -0.2) is 9.97 Å². The lowest BCUT2D eigenvalue weighted by molar-refractivity contribution is 0.629. The lowest BCUT2D eigenvalue weighted by Crippen LogP contribution is -1.79. The summed E-state index contributed by atoms with van der Waals surface area (Å²) in [6.45, 7) is 0. The predicted octanol–water partition coefficient (Wildman–Crippen LogP) is 5.51. The largest absolute Gasteiger partial charge is 0.264 e. The number of aromatic nitrogens is 2. The third-order valence-corrected chi connectivity index (χ3v) is 3.91. The topological polar surface area (TPSA) is 25.8 Å². The molecule has 0 amide bonds. The summed E-state index contributed by atoms with van der Waals surface area (Å²) < 4.78 is 26.2. The van der Waals surface area contributed by atoms with Gasteiger partial charge in [0.2, 0.25) is 0 Å². The fourth-order valence-electron chi connectivity index (χ4n) is 2.15. The number of fused-ring (bicyclic) bond motifs is 2. The van der Waals surface area contributed by atoms with Crippen LogP contribution in [0.5, 0.6) is 0 Å². The number of rotatable bonds is 0. The molecule has 2 nitrogen and oxygen atoms in total. The highest BCUT2D eigenvalue weighted by Gasteiger charge is 1.99. The first-order valence-corrected chi connectivity index (χ1v) is 7.61. The zero-order valence-electron chi connectivity index (χ0n) is 11.9. The minimum atomic E-state index is -0.227. The zero-order chi connectivity index (χ0) is 16.2. The Kier molecular flexibility index (Phi) is 4.57. The Labute approximate surface area is 139 Å². The molecule has 0 radical (unpaired) electrons. The van der Waals surface area contributed by atoms with Crippen LogP contribution in [0.25, 0.3) is 21.5 Å². The number of benzene rings is 2. The van der Waals surface area contributed by atoms with E-state index in [-0.39, 0.29) is 11.6 Å². The second-order valence-electron chi connectivity index (χ2n) is 4.85. The van der Waals surface area contributed by atoms with Crippen LogP contribution < -0.4 is 0 Å². The van der Waals surface area contributed by atoms with Crippen molar-refractivity contribution in [2.75, 3.05) is 0 Å². The van der Waals surface area contributed by atoms with Crippen molar-refractivity contribution < 1.29 is 8.78 Å². The average molecular weight is 373 g/mol. The lowest BCUT2D eigenvalue weighted by atomic mass is 10.2. The summed E-state index contributed by atoms with van der Waals surface area (Å²) >= 11 is 3.30. The smallest absolute Gasteiger partial charge is 0.123 e. The van der Waals surface area contributed by atoms with Crippen LogP contribution in [0.4, 0.5) is 8.78 Å². The molecule has 0 saturated heterocycles. The van der Waals surface area contributed by atoms with Crippen molar-refractivity contribution in [3.05, 3.63) is 83.4 Å². The predicted molar refractivity (Wildman–Crippen MR) is 91.1 cm³/mol. The fourth-order valence-corrected chi connectivity index (χ4v) is 2.62. The van der Waals surface area contributed by atoms with Crippen molar-refractivity contribution in [2.45, 2.75) is 0 Å². The third-order valence-electron chi connectivity index (χ3n) is 3.28. The summed E-state index contributed by atoms with van der Waals surface area (Å²) in [5.74, 6) is -0.432. The molecule has 0 bridgehead atoms. The lowest BCUT2D eigenvalue weighted by Gasteiger charge is -1.98. The molecule has 0 N–H and O–H groups in total. The van der Waals surface area contributed by atoms with E-state index >= 15 is 0 Å². The van der Waals surface area contributed by atoms with Gasteiger partial charge in [-0.3, -0.25) is 9.97 Å². The van der Waals surface area contributed by atoms with Crippen LogP contribution in [0.15, 0.2) is 71.7 Å². The van der Waals surface area contributed by atoms with Crippen molar-refractivity contribution in [2.24, 2.45) is 0 Å². The highest BCUT2D eigenvalue weighted by atomic mass is 79.9. The molecular weight excluding hydrogens is 362 g/mol. The first-order chi connectivity index (χ1) is 11.1. The standard InChI is InChI=1S/C9H5BrFN.C9H6FN/c10-9-5-12-4-6-1-2-7(11)3-8(6)9;10-9-2-1-8-6-11-4-3-7(8)5-9/h1-5H;1-6H. The van der Waals surface area contributed by atoms with Gasteiger partial charge in [-0.2, -0.15) is 0 Å². The molecule has 2 aromatic heterocycles. The summed E-state index contributed by atoms with van der Waals surface area (Å²) in [6.07, 6.45) is 6.73. The van der Waals surface area contributed by atoms with E-state index in [0.717, 1.165) is 26.0 Å². The van der Waals surface area contributed by atoms with Crippen molar-refractivity contribution in [3.63, 3.8) is 0 Å². The van der Waals surface area contributed by atoms with E-state index in [4.69, 9.17) is 0 Å². The second-order valence-corrected chi connectivity index (χ2v) is 5.71. The number of pyridine rings is 2. The molecule has 5 heteroatoms. The van der Waals surface area contributed by atoms with Gasteiger partial charge in [0.25, 0.3) is 0 Å². The first kappa shape index (κ1) is 15.5. The minimum absolute atomic E-state index is 0.205. The van der Waals surface area contributed by atoms with Crippen molar-refractivity contribution >= 4 is 37.5 Å². The van der Waals surface area contributed by atoms with E-state index in [1.54, 1.807) is 43.0 Å². The molecule has 4 rings (SSSR count). The van der Waals surface area contributed by atoms with Gasteiger partial charge in [0.05, 0.1) is 0 Å². The molecule has 2 heterocycles. The van der Waals surface area contributed by atoms with Crippen LogP contribution in [0, 0.1) is 11.6 Å². The van der Waals surface area contributed by atoms with Crippen LogP contribution >= 0.6 is 15.9 Å². The summed E-state index contributed by atoms with van der Waals surface area (Å²) in [5.41, 5.74) is 0. The minimum Gasteiger partial charge on any atom is -0.264 e. The van der Waals surface area contributed by atoms with Gasteiger partial charge in [0.1, 0.15) is 11.6 Å². The summed E-state index contributed by atoms with van der Waals surface area (Å²) in [6, 6.07) is 11.1. The van der Waals surface area contributed by atoms with Crippen LogP contribution in [-0.2, 0) is 0 Å². The zero-order valence-corrected chi connectivity index (χ0v) is 13.5. The fraction of sp³-hybridized carbons (Fsp3) is 0. The Hall–Kier alpha value is -2.40. The average Bonchev–Trinajstić information content (AvgIpc) is 2.56. The van der Waals surface area contributed by atoms with Crippen molar-refractivity contribution in [1.82, 2.24) is 9.97 Å².